The topological polar surface area (TPSA) is 17.8 Å². The summed E-state index contributed by atoms with van der Waals surface area (Å²) in [6, 6.07) is 12.1. The second-order valence-electron chi connectivity index (χ2n) is 7.28. The van der Waals surface area contributed by atoms with Crippen LogP contribution in [0.1, 0.15) is 23.6 Å². The fourth-order valence-corrected chi connectivity index (χ4v) is 3.51. The first-order valence-electron chi connectivity index (χ1n) is 9.17. The Labute approximate surface area is 166 Å². The van der Waals surface area contributed by atoms with Crippen LogP contribution in [-0.2, 0) is 0 Å². The van der Waals surface area contributed by atoms with E-state index in [0.29, 0.717) is 44.5 Å². The number of hydrogen-bond donors (Lipinski definition) is 0. The van der Waals surface area contributed by atoms with Gasteiger partial charge in [0.05, 0.1) is 11.2 Å². The number of aryl methyl sites for hydroxylation is 2. The maximum Gasteiger partial charge on any atom is 0.132 e. The summed E-state index contributed by atoms with van der Waals surface area (Å²) in [6.07, 6.45) is 0. The standard InChI is InChI=1S/C24H19F3N2/c1-13(2)18-10-15(4)23(12-21(18)27)29-22-8-6-17(25)11-19(22)24(28-29)16-5-7-20(26)14(3)9-16/h5-12H,1H2,2-4H3. The van der Waals surface area contributed by atoms with E-state index in [9.17, 15) is 13.2 Å². The van der Waals surface area contributed by atoms with Gasteiger partial charge in [-0.3, -0.25) is 0 Å². The van der Waals surface area contributed by atoms with Gasteiger partial charge in [0.25, 0.3) is 0 Å². The summed E-state index contributed by atoms with van der Waals surface area (Å²) in [7, 11) is 0. The van der Waals surface area contributed by atoms with Crippen molar-refractivity contribution in [2.24, 2.45) is 0 Å². The van der Waals surface area contributed by atoms with Crippen LogP contribution < -0.4 is 0 Å². The van der Waals surface area contributed by atoms with E-state index in [2.05, 4.69) is 11.7 Å². The Morgan fingerprint density at radius 2 is 1.66 bits per heavy atom. The van der Waals surface area contributed by atoms with Crippen LogP contribution >= 0.6 is 0 Å². The number of hydrogen-bond acceptors (Lipinski definition) is 1. The lowest BCUT2D eigenvalue weighted by Gasteiger charge is -2.11. The molecule has 0 N–H and O–H groups in total. The Hall–Kier alpha value is -3.34. The Bertz CT molecular complexity index is 1290. The Morgan fingerprint density at radius 3 is 2.34 bits per heavy atom. The van der Waals surface area contributed by atoms with Gasteiger partial charge in [0, 0.05) is 22.6 Å². The molecule has 0 spiro atoms. The van der Waals surface area contributed by atoms with Crippen molar-refractivity contribution in [1.82, 2.24) is 9.78 Å². The summed E-state index contributed by atoms with van der Waals surface area (Å²) >= 11 is 0. The minimum Gasteiger partial charge on any atom is -0.232 e. The summed E-state index contributed by atoms with van der Waals surface area (Å²) in [5.74, 6) is -1.13. The second kappa shape index (κ2) is 6.92. The molecule has 0 amide bonds. The Kier molecular flexibility index (Phi) is 4.53. The molecule has 0 bridgehead atoms. The second-order valence-corrected chi connectivity index (χ2v) is 7.28. The third-order valence-corrected chi connectivity index (χ3v) is 5.05. The predicted molar refractivity (Wildman–Crippen MR) is 111 cm³/mol. The zero-order valence-corrected chi connectivity index (χ0v) is 16.4. The molecule has 0 atom stereocenters. The highest BCUT2D eigenvalue weighted by Crippen LogP contribution is 2.33. The Morgan fingerprint density at radius 1 is 0.897 bits per heavy atom. The van der Waals surface area contributed by atoms with Gasteiger partial charge in [0.2, 0.25) is 0 Å². The molecular formula is C24H19F3N2. The van der Waals surface area contributed by atoms with Crippen molar-refractivity contribution in [1.29, 1.82) is 0 Å². The van der Waals surface area contributed by atoms with Gasteiger partial charge in [0.15, 0.2) is 0 Å². The van der Waals surface area contributed by atoms with E-state index >= 15 is 0 Å². The molecular weight excluding hydrogens is 373 g/mol. The van der Waals surface area contributed by atoms with Gasteiger partial charge in [-0.1, -0.05) is 6.58 Å². The van der Waals surface area contributed by atoms with E-state index in [1.54, 1.807) is 42.8 Å². The number of nitrogens with zero attached hydrogens (tertiary/aromatic N) is 2. The first-order valence-corrected chi connectivity index (χ1v) is 9.17. The Balaban J connectivity index is 2.01. The summed E-state index contributed by atoms with van der Waals surface area (Å²) in [6.45, 7) is 9.08. The van der Waals surface area contributed by atoms with Crippen LogP contribution in [0.15, 0.2) is 55.1 Å². The predicted octanol–water partition coefficient (Wildman–Crippen LogP) is 6.76. The molecule has 0 radical (unpaired) electrons. The number of halogens is 3. The van der Waals surface area contributed by atoms with Gasteiger partial charge >= 0.3 is 0 Å². The minimum atomic E-state index is -0.405. The molecule has 0 aliphatic rings. The number of benzene rings is 3. The minimum absolute atomic E-state index is 0.322. The third-order valence-electron chi connectivity index (χ3n) is 5.05. The fraction of sp³-hybridized carbons (Fsp3) is 0.125. The first-order chi connectivity index (χ1) is 13.8. The van der Waals surface area contributed by atoms with Gasteiger partial charge in [-0.15, -0.1) is 0 Å². The zero-order chi connectivity index (χ0) is 20.9. The van der Waals surface area contributed by atoms with Crippen molar-refractivity contribution >= 4 is 16.5 Å². The summed E-state index contributed by atoms with van der Waals surface area (Å²) in [5.41, 5.74) is 4.70. The molecule has 0 unspecified atom stereocenters. The summed E-state index contributed by atoms with van der Waals surface area (Å²) in [5, 5.41) is 5.23. The van der Waals surface area contributed by atoms with Crippen LogP contribution in [0.3, 0.4) is 0 Å². The van der Waals surface area contributed by atoms with Gasteiger partial charge in [-0.25, -0.2) is 17.9 Å². The lowest BCUT2D eigenvalue weighted by Crippen LogP contribution is -2.02. The maximum absolute atomic E-state index is 14.7. The lowest BCUT2D eigenvalue weighted by atomic mass is 10.0. The van der Waals surface area contributed by atoms with E-state index < -0.39 is 11.6 Å². The molecule has 4 rings (SSSR count). The van der Waals surface area contributed by atoms with Gasteiger partial charge in [0.1, 0.15) is 23.1 Å². The number of rotatable bonds is 3. The highest BCUT2D eigenvalue weighted by Gasteiger charge is 2.18. The van der Waals surface area contributed by atoms with Crippen molar-refractivity contribution in [2.45, 2.75) is 20.8 Å². The summed E-state index contributed by atoms with van der Waals surface area (Å²) in [4.78, 5) is 0. The van der Waals surface area contributed by atoms with Crippen LogP contribution in [0.5, 0.6) is 0 Å². The molecule has 1 heterocycles. The molecule has 29 heavy (non-hydrogen) atoms. The average Bonchev–Trinajstić information content (AvgIpc) is 3.03. The molecule has 0 saturated heterocycles. The molecule has 4 aromatic rings. The van der Waals surface area contributed by atoms with Crippen LogP contribution in [-0.4, -0.2) is 9.78 Å². The smallest absolute Gasteiger partial charge is 0.132 e. The molecule has 1 aromatic heterocycles. The zero-order valence-electron chi connectivity index (χ0n) is 16.4. The van der Waals surface area contributed by atoms with Crippen LogP contribution in [0, 0.1) is 31.3 Å². The van der Waals surface area contributed by atoms with E-state index in [1.165, 1.54) is 24.3 Å². The van der Waals surface area contributed by atoms with Crippen molar-refractivity contribution < 1.29 is 13.2 Å². The molecule has 3 aromatic carbocycles. The van der Waals surface area contributed by atoms with Gasteiger partial charge in [-0.2, -0.15) is 5.10 Å². The average molecular weight is 392 g/mol. The van der Waals surface area contributed by atoms with Gasteiger partial charge < -0.3 is 0 Å². The van der Waals surface area contributed by atoms with E-state index in [4.69, 9.17) is 0 Å². The van der Waals surface area contributed by atoms with Crippen LogP contribution in [0.2, 0.25) is 0 Å². The van der Waals surface area contributed by atoms with Gasteiger partial charge in [-0.05, 0) is 79.9 Å². The quantitative estimate of drug-likeness (QED) is 0.377. The maximum atomic E-state index is 14.7. The molecule has 0 aliphatic carbocycles. The SMILES string of the molecule is C=C(C)c1cc(C)c(-n2nc(-c3ccc(F)c(C)c3)c3cc(F)ccc32)cc1F. The molecule has 5 heteroatoms. The molecule has 0 saturated carbocycles. The molecule has 2 nitrogen and oxygen atoms in total. The van der Waals surface area contributed by atoms with E-state index in [-0.39, 0.29) is 5.82 Å². The normalized spacial score (nSPS) is 11.2. The van der Waals surface area contributed by atoms with Crippen molar-refractivity contribution in [3.05, 3.63) is 89.3 Å². The molecule has 146 valence electrons. The number of fused-ring (bicyclic) bond motifs is 1. The summed E-state index contributed by atoms with van der Waals surface area (Å²) < 4.78 is 44.0. The van der Waals surface area contributed by atoms with Crippen LogP contribution in [0.4, 0.5) is 13.2 Å². The highest BCUT2D eigenvalue weighted by molar-refractivity contribution is 5.94. The largest absolute Gasteiger partial charge is 0.232 e. The van der Waals surface area contributed by atoms with E-state index in [1.807, 2.05) is 6.92 Å². The van der Waals surface area contributed by atoms with Crippen LogP contribution in [0.25, 0.3) is 33.4 Å². The number of aromatic nitrogens is 2. The number of allylic oxidation sites excluding steroid dienone is 1. The van der Waals surface area contributed by atoms with Crippen molar-refractivity contribution in [3.8, 4) is 16.9 Å². The monoisotopic (exact) mass is 392 g/mol. The molecule has 0 aliphatic heterocycles. The van der Waals surface area contributed by atoms with Crippen molar-refractivity contribution in [2.75, 3.05) is 0 Å². The lowest BCUT2D eigenvalue weighted by molar-refractivity contribution is 0.618. The fourth-order valence-electron chi connectivity index (χ4n) is 3.51. The first kappa shape index (κ1) is 19.0. The van der Waals surface area contributed by atoms with Crippen molar-refractivity contribution in [3.63, 3.8) is 0 Å². The highest BCUT2D eigenvalue weighted by atomic mass is 19.1. The third kappa shape index (κ3) is 3.23. The van der Waals surface area contributed by atoms with E-state index in [0.717, 1.165) is 5.56 Å². The molecule has 0 fully saturated rings.